The number of dihydropyridines is 1. The molecule has 2 heterocycles. The second kappa shape index (κ2) is 10.1. The first-order valence-electron chi connectivity index (χ1n) is 14.5. The van der Waals surface area contributed by atoms with E-state index in [1.807, 2.05) is 49.4 Å². The number of hydrogen-bond donors (Lipinski definition) is 3. The second-order valence-electron chi connectivity index (χ2n) is 12.0. The number of nitrogen functional groups attached to an aromatic ring is 1. The van der Waals surface area contributed by atoms with Gasteiger partial charge in [-0.25, -0.2) is 4.99 Å². The number of allylic oxidation sites excluding steroid dienone is 6. The van der Waals surface area contributed by atoms with Crippen molar-refractivity contribution in [2.45, 2.75) is 43.4 Å². The first kappa shape index (κ1) is 26.3. The van der Waals surface area contributed by atoms with Crippen molar-refractivity contribution < 1.29 is 5.11 Å². The molecule has 7 rings (SSSR count). The average Bonchev–Trinajstić information content (AvgIpc) is 3.16. The van der Waals surface area contributed by atoms with Gasteiger partial charge in [0.15, 0.2) is 0 Å². The molecule has 3 aromatic carbocycles. The number of rotatable bonds is 5. The number of anilines is 1. The standard InChI is InChI=1S/C37H34N4O/c1-36(42)22-37(39,23-36)28-16-8-14-26(18-19-28)33-30(24-10-4-2-5-11-24)21-31-35(41-33)32(27-15-9-17-29(38)20-27)34(40-31)25-12-6-3-7-13-25/h2-7,9-21,31,42H,8,22-23,38-39H2,1H3. The average molecular weight is 551 g/mol. The summed E-state index contributed by atoms with van der Waals surface area (Å²) in [6.07, 6.45) is 12.7. The SMILES string of the molecule is CC1(O)CC(N)(C2=CCC=C(C3=NC4=C(c5cccc(N)c5)C(c5ccccc5)=NC4C=C3c3ccccc3)C=C2)C1. The first-order valence-corrected chi connectivity index (χ1v) is 14.5. The highest BCUT2D eigenvalue weighted by Gasteiger charge is 2.50. The highest BCUT2D eigenvalue weighted by Crippen LogP contribution is 2.45. The van der Waals surface area contributed by atoms with Crippen LogP contribution in [-0.4, -0.2) is 33.7 Å². The molecular weight excluding hydrogens is 516 g/mol. The van der Waals surface area contributed by atoms with E-state index in [0.717, 1.165) is 62.5 Å². The van der Waals surface area contributed by atoms with E-state index < -0.39 is 11.1 Å². The Morgan fingerprint density at radius 1 is 0.810 bits per heavy atom. The van der Waals surface area contributed by atoms with E-state index in [0.29, 0.717) is 18.5 Å². The molecule has 5 nitrogen and oxygen atoms in total. The van der Waals surface area contributed by atoms with E-state index in [4.69, 9.17) is 21.5 Å². The number of nitrogens with two attached hydrogens (primary N) is 2. The zero-order valence-electron chi connectivity index (χ0n) is 23.7. The van der Waals surface area contributed by atoms with Crippen molar-refractivity contribution in [3.63, 3.8) is 0 Å². The number of aliphatic imine (C=N–C) groups is 2. The molecule has 0 radical (unpaired) electrons. The van der Waals surface area contributed by atoms with Gasteiger partial charge in [-0.3, -0.25) is 4.99 Å². The summed E-state index contributed by atoms with van der Waals surface area (Å²) in [5.74, 6) is 0. The van der Waals surface area contributed by atoms with E-state index in [-0.39, 0.29) is 6.04 Å². The monoisotopic (exact) mass is 550 g/mol. The molecule has 2 aliphatic carbocycles. The van der Waals surface area contributed by atoms with Crippen LogP contribution in [0.5, 0.6) is 0 Å². The van der Waals surface area contributed by atoms with Crippen LogP contribution < -0.4 is 11.5 Å². The van der Waals surface area contributed by atoms with Gasteiger partial charge in [0.1, 0.15) is 6.04 Å². The summed E-state index contributed by atoms with van der Waals surface area (Å²) in [6, 6.07) is 28.5. The van der Waals surface area contributed by atoms with Crippen LogP contribution in [0.4, 0.5) is 5.69 Å². The summed E-state index contributed by atoms with van der Waals surface area (Å²) in [7, 11) is 0. The molecule has 1 atom stereocenters. The maximum absolute atomic E-state index is 10.4. The number of aliphatic hydroxyl groups is 1. The van der Waals surface area contributed by atoms with Gasteiger partial charge in [0, 0.05) is 27.9 Å². The Kier molecular flexibility index (Phi) is 6.30. The third-order valence-corrected chi connectivity index (χ3v) is 8.52. The quantitative estimate of drug-likeness (QED) is 0.319. The Balaban J connectivity index is 1.37. The largest absolute Gasteiger partial charge is 0.399 e. The van der Waals surface area contributed by atoms with E-state index in [1.54, 1.807) is 0 Å². The van der Waals surface area contributed by atoms with Crippen molar-refractivity contribution in [1.29, 1.82) is 0 Å². The smallest absolute Gasteiger partial charge is 0.112 e. The predicted molar refractivity (Wildman–Crippen MR) is 173 cm³/mol. The molecule has 1 saturated carbocycles. The highest BCUT2D eigenvalue weighted by atomic mass is 16.3. The van der Waals surface area contributed by atoms with Crippen LogP contribution in [0.3, 0.4) is 0 Å². The minimum absolute atomic E-state index is 0.218. The second-order valence-corrected chi connectivity index (χ2v) is 12.0. The molecule has 2 aliphatic heterocycles. The minimum atomic E-state index is -0.708. The third kappa shape index (κ3) is 4.71. The van der Waals surface area contributed by atoms with Crippen LogP contribution in [-0.2, 0) is 0 Å². The van der Waals surface area contributed by atoms with Gasteiger partial charge in [0.25, 0.3) is 0 Å². The number of benzene rings is 3. The molecule has 208 valence electrons. The van der Waals surface area contributed by atoms with Crippen LogP contribution in [0.1, 0.15) is 42.9 Å². The Morgan fingerprint density at radius 2 is 1.50 bits per heavy atom. The topological polar surface area (TPSA) is 97.0 Å². The fraction of sp³-hybridized carbons (Fsp3) is 0.189. The van der Waals surface area contributed by atoms with Gasteiger partial charge >= 0.3 is 0 Å². The molecule has 42 heavy (non-hydrogen) atoms. The van der Waals surface area contributed by atoms with Crippen molar-refractivity contribution in [2.24, 2.45) is 15.7 Å². The molecule has 5 heteroatoms. The summed E-state index contributed by atoms with van der Waals surface area (Å²) in [4.78, 5) is 10.7. The Hall–Kier alpha value is -4.58. The Morgan fingerprint density at radius 3 is 2.19 bits per heavy atom. The third-order valence-electron chi connectivity index (χ3n) is 8.52. The van der Waals surface area contributed by atoms with Gasteiger partial charge in [-0.15, -0.1) is 0 Å². The summed E-state index contributed by atoms with van der Waals surface area (Å²) in [5.41, 5.74) is 22.6. The molecule has 1 fully saturated rings. The molecule has 0 amide bonds. The van der Waals surface area contributed by atoms with Gasteiger partial charge in [0.05, 0.1) is 22.7 Å². The van der Waals surface area contributed by atoms with E-state index in [2.05, 4.69) is 72.8 Å². The molecule has 5 N–H and O–H groups in total. The van der Waals surface area contributed by atoms with Gasteiger partial charge < -0.3 is 16.6 Å². The van der Waals surface area contributed by atoms with Gasteiger partial charge in [-0.1, -0.05) is 97.1 Å². The minimum Gasteiger partial charge on any atom is -0.399 e. The Labute approximate surface area is 246 Å². The molecule has 1 unspecified atom stereocenters. The normalized spacial score (nSPS) is 26.7. The summed E-state index contributed by atoms with van der Waals surface area (Å²) < 4.78 is 0. The molecule has 4 aliphatic rings. The van der Waals surface area contributed by atoms with Crippen LogP contribution in [0.25, 0.3) is 11.1 Å². The number of hydrogen-bond acceptors (Lipinski definition) is 5. The fourth-order valence-corrected chi connectivity index (χ4v) is 6.74. The van der Waals surface area contributed by atoms with Gasteiger partial charge in [-0.05, 0) is 66.7 Å². The fourth-order valence-electron chi connectivity index (χ4n) is 6.74. The van der Waals surface area contributed by atoms with Crippen LogP contribution in [0.2, 0.25) is 0 Å². The van der Waals surface area contributed by atoms with Crippen LogP contribution in [0.15, 0.2) is 142 Å². The molecule has 0 spiro atoms. The zero-order chi connectivity index (χ0) is 28.9. The van der Waals surface area contributed by atoms with Crippen LogP contribution in [0, 0.1) is 0 Å². The summed E-state index contributed by atoms with van der Waals surface area (Å²) in [6.45, 7) is 1.85. The highest BCUT2D eigenvalue weighted by molar-refractivity contribution is 6.38. The zero-order valence-corrected chi connectivity index (χ0v) is 23.7. The maximum atomic E-state index is 10.4. The molecule has 0 bridgehead atoms. The van der Waals surface area contributed by atoms with E-state index in [9.17, 15) is 5.11 Å². The van der Waals surface area contributed by atoms with E-state index >= 15 is 0 Å². The van der Waals surface area contributed by atoms with Crippen molar-refractivity contribution in [3.05, 3.63) is 149 Å². The summed E-state index contributed by atoms with van der Waals surface area (Å²) in [5, 5.41) is 10.4. The number of nitrogens with zero attached hydrogens (tertiary/aromatic N) is 2. The van der Waals surface area contributed by atoms with Crippen LogP contribution >= 0.6 is 0 Å². The van der Waals surface area contributed by atoms with Crippen molar-refractivity contribution in [3.8, 4) is 0 Å². The van der Waals surface area contributed by atoms with Gasteiger partial charge in [0.2, 0.25) is 0 Å². The lowest BCUT2D eigenvalue weighted by Gasteiger charge is -2.50. The molecule has 0 aromatic heterocycles. The lowest BCUT2D eigenvalue weighted by atomic mass is 9.62. The Bertz CT molecular complexity index is 1780. The van der Waals surface area contributed by atoms with E-state index in [1.165, 1.54) is 0 Å². The predicted octanol–water partition coefficient (Wildman–Crippen LogP) is 6.44. The van der Waals surface area contributed by atoms with Gasteiger partial charge in [-0.2, -0.15) is 0 Å². The van der Waals surface area contributed by atoms with Crippen molar-refractivity contribution in [2.75, 3.05) is 5.73 Å². The van der Waals surface area contributed by atoms with Crippen molar-refractivity contribution in [1.82, 2.24) is 0 Å². The maximum Gasteiger partial charge on any atom is 0.112 e. The lowest BCUT2D eigenvalue weighted by molar-refractivity contribution is -0.0568. The lowest BCUT2D eigenvalue weighted by Crippen LogP contribution is -2.61. The molecular formula is C37H34N4O. The summed E-state index contributed by atoms with van der Waals surface area (Å²) >= 11 is 0. The number of fused-ring (bicyclic) bond motifs is 1. The molecule has 0 saturated heterocycles. The van der Waals surface area contributed by atoms with Crippen molar-refractivity contribution >= 4 is 28.3 Å². The first-order chi connectivity index (χ1) is 20.3. The molecule has 3 aromatic rings.